The zero-order chi connectivity index (χ0) is 19.8. The predicted octanol–water partition coefficient (Wildman–Crippen LogP) is 4.28. The van der Waals surface area contributed by atoms with E-state index in [1.165, 1.54) is 12.1 Å². The Hall–Kier alpha value is -3.73. The zero-order valence-electron chi connectivity index (χ0n) is 15.7. The molecule has 0 fully saturated rings. The number of amides is 1. The van der Waals surface area contributed by atoms with Crippen LogP contribution in [0.1, 0.15) is 11.1 Å². The molecule has 0 aliphatic heterocycles. The molecule has 0 unspecified atom stereocenters. The first-order valence-electron chi connectivity index (χ1n) is 8.93. The van der Waals surface area contributed by atoms with Gasteiger partial charge in [-0.2, -0.15) is 0 Å². The summed E-state index contributed by atoms with van der Waals surface area (Å²) in [5.41, 5.74) is 4.80. The summed E-state index contributed by atoms with van der Waals surface area (Å²) in [5.74, 6) is -0.296. The average Bonchev–Trinajstić information content (AvgIpc) is 2.69. The average molecular weight is 369 g/mol. The number of hydrogen-bond donors (Lipinski definition) is 1. The monoisotopic (exact) mass is 369 g/mol. The normalized spacial score (nSPS) is 10.9. The van der Waals surface area contributed by atoms with E-state index in [9.17, 15) is 9.59 Å². The molecule has 1 N–H and O–H groups in total. The quantitative estimate of drug-likeness (QED) is 0.433. The van der Waals surface area contributed by atoms with Crippen molar-refractivity contribution in [2.24, 2.45) is 0 Å². The fourth-order valence-electron chi connectivity index (χ4n) is 3.35. The van der Waals surface area contributed by atoms with Crippen molar-refractivity contribution in [2.45, 2.75) is 13.8 Å². The number of rotatable bonds is 3. The maximum Gasteiger partial charge on any atom is 0.255 e. The minimum absolute atomic E-state index is 0.148. The van der Waals surface area contributed by atoms with Crippen molar-refractivity contribution in [3.63, 3.8) is 0 Å². The van der Waals surface area contributed by atoms with Crippen molar-refractivity contribution in [1.29, 1.82) is 0 Å². The number of aromatic nitrogens is 2. The Balaban J connectivity index is 2.05. The van der Waals surface area contributed by atoms with Crippen LogP contribution >= 0.6 is 0 Å². The summed E-state index contributed by atoms with van der Waals surface area (Å²) in [4.78, 5) is 29.2. The van der Waals surface area contributed by atoms with Crippen LogP contribution < -0.4 is 10.9 Å². The number of fused-ring (bicyclic) bond motifs is 3. The van der Waals surface area contributed by atoms with E-state index in [1.807, 2.05) is 44.2 Å². The van der Waals surface area contributed by atoms with Gasteiger partial charge < -0.3 is 5.32 Å². The van der Waals surface area contributed by atoms with Crippen molar-refractivity contribution < 1.29 is 4.79 Å². The van der Waals surface area contributed by atoms with Crippen molar-refractivity contribution >= 4 is 33.4 Å². The van der Waals surface area contributed by atoms with Crippen LogP contribution in [0.25, 0.3) is 27.5 Å². The van der Waals surface area contributed by atoms with E-state index >= 15 is 0 Å². The van der Waals surface area contributed by atoms with E-state index in [2.05, 4.69) is 16.9 Å². The highest BCUT2D eigenvalue weighted by atomic mass is 16.1. The summed E-state index contributed by atoms with van der Waals surface area (Å²) >= 11 is 0. The molecular formula is C23H19N3O2. The van der Waals surface area contributed by atoms with Crippen LogP contribution in [0.2, 0.25) is 0 Å². The predicted molar refractivity (Wildman–Crippen MR) is 113 cm³/mol. The molecule has 5 nitrogen and oxygen atoms in total. The molecule has 4 aromatic rings. The fraction of sp³-hybridized carbons (Fsp3) is 0.0870. The van der Waals surface area contributed by atoms with Crippen molar-refractivity contribution in [2.75, 3.05) is 5.32 Å². The Morgan fingerprint density at radius 2 is 1.93 bits per heavy atom. The summed E-state index contributed by atoms with van der Waals surface area (Å²) < 4.78 is 1.66. The van der Waals surface area contributed by atoms with Gasteiger partial charge in [0.1, 0.15) is 0 Å². The van der Waals surface area contributed by atoms with Gasteiger partial charge in [-0.15, -0.1) is 0 Å². The lowest BCUT2D eigenvalue weighted by atomic mass is 10.1. The zero-order valence-corrected chi connectivity index (χ0v) is 15.7. The first kappa shape index (κ1) is 17.7. The number of carbonyl (C=O) groups excluding carboxylic acids is 1. The number of carbonyl (C=O) groups is 1. The summed E-state index contributed by atoms with van der Waals surface area (Å²) in [5, 5.41) is 4.57. The second-order valence-electron chi connectivity index (χ2n) is 6.78. The summed E-state index contributed by atoms with van der Waals surface area (Å²) in [6, 6.07) is 14.9. The smallest absolute Gasteiger partial charge is 0.255 e. The number of anilines is 1. The molecule has 0 radical (unpaired) electrons. The molecule has 0 aliphatic rings. The number of pyridine rings is 2. The Morgan fingerprint density at radius 3 is 2.71 bits per heavy atom. The molecule has 2 heterocycles. The molecule has 0 atom stereocenters. The summed E-state index contributed by atoms with van der Waals surface area (Å²) in [6.45, 7) is 7.40. The second-order valence-corrected chi connectivity index (χ2v) is 6.78. The third-order valence-electron chi connectivity index (χ3n) is 4.80. The maximum atomic E-state index is 12.9. The van der Waals surface area contributed by atoms with Gasteiger partial charge in [0, 0.05) is 28.7 Å². The maximum absolute atomic E-state index is 12.9. The molecular weight excluding hydrogens is 350 g/mol. The number of nitrogens with zero attached hydrogens (tertiary/aromatic N) is 2. The highest BCUT2D eigenvalue weighted by molar-refractivity contribution is 6.04. The van der Waals surface area contributed by atoms with E-state index in [1.54, 1.807) is 22.9 Å². The number of aryl methyl sites for hydroxylation is 2. The molecule has 28 heavy (non-hydrogen) atoms. The van der Waals surface area contributed by atoms with Crippen LogP contribution in [-0.2, 0) is 4.79 Å². The van der Waals surface area contributed by atoms with Gasteiger partial charge in [0.15, 0.2) is 0 Å². The molecule has 1 amide bonds. The van der Waals surface area contributed by atoms with Gasteiger partial charge in [-0.3, -0.25) is 19.1 Å². The molecule has 0 bridgehead atoms. The SMILES string of the molecule is C=CC(=O)Nc1cc(-n2c(=O)ccc3cnc4cc(C)ccc4c32)ccc1C. The van der Waals surface area contributed by atoms with Gasteiger partial charge in [0.25, 0.3) is 5.56 Å². The van der Waals surface area contributed by atoms with Crippen LogP contribution in [0.4, 0.5) is 5.69 Å². The first-order chi connectivity index (χ1) is 13.5. The Kier molecular flexibility index (Phi) is 4.28. The number of benzene rings is 2. The Labute approximate surface area is 162 Å². The summed E-state index contributed by atoms with van der Waals surface area (Å²) in [7, 11) is 0. The van der Waals surface area contributed by atoms with Crippen LogP contribution in [0.5, 0.6) is 0 Å². The largest absolute Gasteiger partial charge is 0.322 e. The molecule has 138 valence electrons. The van der Waals surface area contributed by atoms with E-state index in [0.717, 1.165) is 32.9 Å². The molecule has 0 saturated carbocycles. The molecule has 0 aliphatic carbocycles. The minimum Gasteiger partial charge on any atom is -0.322 e. The van der Waals surface area contributed by atoms with E-state index in [0.29, 0.717) is 11.4 Å². The Bertz CT molecular complexity index is 1320. The number of hydrogen-bond acceptors (Lipinski definition) is 3. The van der Waals surface area contributed by atoms with Gasteiger partial charge in [0.2, 0.25) is 5.91 Å². The van der Waals surface area contributed by atoms with E-state index in [-0.39, 0.29) is 11.5 Å². The molecule has 4 rings (SSSR count). The van der Waals surface area contributed by atoms with Crippen molar-refractivity contribution in [3.8, 4) is 5.69 Å². The van der Waals surface area contributed by atoms with Crippen molar-refractivity contribution in [3.05, 3.63) is 88.9 Å². The lowest BCUT2D eigenvalue weighted by Gasteiger charge is -2.15. The topological polar surface area (TPSA) is 64.0 Å². The third kappa shape index (κ3) is 2.97. The molecule has 0 spiro atoms. The van der Waals surface area contributed by atoms with Gasteiger partial charge >= 0.3 is 0 Å². The minimum atomic E-state index is -0.296. The summed E-state index contributed by atoms with van der Waals surface area (Å²) in [6.07, 6.45) is 3.00. The van der Waals surface area contributed by atoms with Crippen LogP contribution in [0.3, 0.4) is 0 Å². The molecule has 2 aromatic heterocycles. The lowest BCUT2D eigenvalue weighted by molar-refractivity contribution is -0.111. The Morgan fingerprint density at radius 1 is 1.11 bits per heavy atom. The fourth-order valence-corrected chi connectivity index (χ4v) is 3.35. The highest BCUT2D eigenvalue weighted by Crippen LogP contribution is 2.27. The van der Waals surface area contributed by atoms with Gasteiger partial charge in [-0.05, 0) is 55.3 Å². The second kappa shape index (κ2) is 6.78. The standard InChI is InChI=1S/C23H19N3O2/c1-4-21(27)25-19-12-17(8-6-15(19)3)26-22(28)10-7-16-13-24-20-11-14(2)5-9-18(20)23(16)26/h4-13H,1H2,2-3H3,(H,25,27). The molecule has 2 aromatic carbocycles. The molecule has 0 saturated heterocycles. The van der Waals surface area contributed by atoms with Gasteiger partial charge in [-0.25, -0.2) is 0 Å². The van der Waals surface area contributed by atoms with Crippen LogP contribution in [0, 0.1) is 13.8 Å². The number of nitrogens with one attached hydrogen (secondary N) is 1. The first-order valence-corrected chi connectivity index (χ1v) is 8.93. The van der Waals surface area contributed by atoms with Crippen LogP contribution in [0.15, 0.2) is 72.2 Å². The van der Waals surface area contributed by atoms with Crippen LogP contribution in [-0.4, -0.2) is 15.5 Å². The highest BCUT2D eigenvalue weighted by Gasteiger charge is 2.12. The van der Waals surface area contributed by atoms with Gasteiger partial charge in [0.05, 0.1) is 16.7 Å². The van der Waals surface area contributed by atoms with E-state index < -0.39 is 0 Å². The molecule has 5 heteroatoms. The van der Waals surface area contributed by atoms with Crippen molar-refractivity contribution in [1.82, 2.24) is 9.55 Å². The third-order valence-corrected chi connectivity index (χ3v) is 4.80. The van der Waals surface area contributed by atoms with Gasteiger partial charge in [-0.1, -0.05) is 24.8 Å². The lowest BCUT2D eigenvalue weighted by Crippen LogP contribution is -2.18. The van der Waals surface area contributed by atoms with E-state index in [4.69, 9.17) is 0 Å².